The van der Waals surface area contributed by atoms with Crippen LogP contribution < -0.4 is 4.90 Å². The van der Waals surface area contributed by atoms with Crippen molar-refractivity contribution < 1.29 is 4.74 Å². The van der Waals surface area contributed by atoms with Gasteiger partial charge < -0.3 is 14.2 Å². The second-order valence-electron chi connectivity index (χ2n) is 5.84. The van der Waals surface area contributed by atoms with Gasteiger partial charge in [0.1, 0.15) is 11.3 Å². The number of aryl methyl sites for hydroxylation is 2. The Hall–Kier alpha value is -2.47. The van der Waals surface area contributed by atoms with Crippen molar-refractivity contribution in [3.63, 3.8) is 0 Å². The van der Waals surface area contributed by atoms with E-state index in [-0.39, 0.29) is 0 Å². The molecule has 3 heterocycles. The number of hydrogen-bond acceptors (Lipinski definition) is 5. The highest BCUT2D eigenvalue weighted by Crippen LogP contribution is 2.24. The third-order valence-corrected chi connectivity index (χ3v) is 4.17. The number of anilines is 1. The summed E-state index contributed by atoms with van der Waals surface area (Å²) in [4.78, 5) is 16.1. The fraction of sp³-hybridized carbons (Fsp3) is 0.353. The van der Waals surface area contributed by atoms with E-state index in [9.17, 15) is 0 Å². The summed E-state index contributed by atoms with van der Waals surface area (Å²) >= 11 is 0. The van der Waals surface area contributed by atoms with Crippen molar-refractivity contribution in [1.82, 2.24) is 19.5 Å². The average Bonchev–Trinajstić information content (AvgIpc) is 2.92. The van der Waals surface area contributed by atoms with Gasteiger partial charge in [0, 0.05) is 25.7 Å². The van der Waals surface area contributed by atoms with E-state index in [0.29, 0.717) is 0 Å². The van der Waals surface area contributed by atoms with Gasteiger partial charge in [-0.2, -0.15) is 4.98 Å². The van der Waals surface area contributed by atoms with Crippen molar-refractivity contribution in [3.8, 4) is 11.4 Å². The predicted octanol–water partition coefficient (Wildman–Crippen LogP) is 2.18. The number of benzene rings is 1. The van der Waals surface area contributed by atoms with E-state index in [1.807, 2.05) is 17.8 Å². The van der Waals surface area contributed by atoms with E-state index >= 15 is 0 Å². The fourth-order valence-electron chi connectivity index (χ4n) is 2.93. The SMILES string of the molecule is Cc1cccc(-c2nc3cnc(N4CCOCC4)nc3n2C)c1. The van der Waals surface area contributed by atoms with Crippen molar-refractivity contribution in [2.24, 2.45) is 7.05 Å². The van der Waals surface area contributed by atoms with Crippen molar-refractivity contribution in [2.45, 2.75) is 6.92 Å². The third-order valence-electron chi connectivity index (χ3n) is 4.17. The zero-order valence-corrected chi connectivity index (χ0v) is 13.4. The van der Waals surface area contributed by atoms with Crippen LogP contribution in [0.1, 0.15) is 5.56 Å². The molecule has 0 atom stereocenters. The highest BCUT2D eigenvalue weighted by molar-refractivity contribution is 5.77. The summed E-state index contributed by atoms with van der Waals surface area (Å²) in [6, 6.07) is 8.35. The minimum atomic E-state index is 0.724. The first-order valence-corrected chi connectivity index (χ1v) is 7.81. The Balaban J connectivity index is 1.78. The van der Waals surface area contributed by atoms with Crippen LogP contribution in [0, 0.1) is 6.92 Å². The van der Waals surface area contributed by atoms with Gasteiger partial charge in [-0.3, -0.25) is 0 Å². The molecular formula is C17H19N5O. The molecule has 6 nitrogen and oxygen atoms in total. The fourth-order valence-corrected chi connectivity index (χ4v) is 2.93. The number of aromatic nitrogens is 4. The first-order chi connectivity index (χ1) is 11.2. The summed E-state index contributed by atoms with van der Waals surface area (Å²) in [5.74, 6) is 1.66. The van der Waals surface area contributed by atoms with Crippen LogP contribution in [-0.4, -0.2) is 45.8 Å². The number of ether oxygens (including phenoxy) is 1. The molecule has 1 aliphatic rings. The van der Waals surface area contributed by atoms with Crippen LogP contribution in [0.15, 0.2) is 30.5 Å². The van der Waals surface area contributed by atoms with E-state index in [4.69, 9.17) is 14.7 Å². The van der Waals surface area contributed by atoms with Crippen molar-refractivity contribution in [3.05, 3.63) is 36.0 Å². The van der Waals surface area contributed by atoms with Gasteiger partial charge in [-0.15, -0.1) is 0 Å². The lowest BCUT2D eigenvalue weighted by Gasteiger charge is -2.26. The Morgan fingerprint density at radius 1 is 1.13 bits per heavy atom. The van der Waals surface area contributed by atoms with E-state index < -0.39 is 0 Å². The van der Waals surface area contributed by atoms with Gasteiger partial charge in [0.25, 0.3) is 0 Å². The lowest BCUT2D eigenvalue weighted by molar-refractivity contribution is 0.122. The summed E-state index contributed by atoms with van der Waals surface area (Å²) < 4.78 is 7.43. The topological polar surface area (TPSA) is 56.1 Å². The number of fused-ring (bicyclic) bond motifs is 1. The van der Waals surface area contributed by atoms with Crippen LogP contribution in [0.2, 0.25) is 0 Å². The molecule has 2 aromatic heterocycles. The lowest BCUT2D eigenvalue weighted by atomic mass is 10.1. The van der Waals surface area contributed by atoms with Crippen LogP contribution in [0.5, 0.6) is 0 Å². The highest BCUT2D eigenvalue weighted by atomic mass is 16.5. The monoisotopic (exact) mass is 309 g/mol. The van der Waals surface area contributed by atoms with Crippen LogP contribution in [0.4, 0.5) is 5.95 Å². The predicted molar refractivity (Wildman–Crippen MR) is 89.5 cm³/mol. The highest BCUT2D eigenvalue weighted by Gasteiger charge is 2.17. The Kier molecular flexibility index (Phi) is 3.46. The van der Waals surface area contributed by atoms with Gasteiger partial charge in [0.05, 0.1) is 19.4 Å². The molecule has 1 aromatic carbocycles. The molecule has 1 aliphatic heterocycles. The molecule has 0 spiro atoms. The Bertz CT molecular complexity index is 851. The minimum Gasteiger partial charge on any atom is -0.378 e. The van der Waals surface area contributed by atoms with Gasteiger partial charge in [-0.25, -0.2) is 9.97 Å². The smallest absolute Gasteiger partial charge is 0.227 e. The lowest BCUT2D eigenvalue weighted by Crippen LogP contribution is -2.37. The first-order valence-electron chi connectivity index (χ1n) is 7.81. The Morgan fingerprint density at radius 3 is 2.74 bits per heavy atom. The van der Waals surface area contributed by atoms with Crippen molar-refractivity contribution >= 4 is 17.1 Å². The van der Waals surface area contributed by atoms with Crippen LogP contribution in [0.25, 0.3) is 22.6 Å². The number of morpholine rings is 1. The van der Waals surface area contributed by atoms with Gasteiger partial charge in [0.2, 0.25) is 5.95 Å². The summed E-state index contributed by atoms with van der Waals surface area (Å²) in [7, 11) is 2.00. The zero-order chi connectivity index (χ0) is 15.8. The maximum absolute atomic E-state index is 5.39. The maximum atomic E-state index is 5.39. The van der Waals surface area contributed by atoms with Crippen LogP contribution in [0.3, 0.4) is 0 Å². The second-order valence-corrected chi connectivity index (χ2v) is 5.84. The van der Waals surface area contributed by atoms with Gasteiger partial charge in [-0.05, 0) is 13.0 Å². The molecule has 1 saturated heterocycles. The largest absolute Gasteiger partial charge is 0.378 e. The first kappa shape index (κ1) is 14.1. The average molecular weight is 309 g/mol. The Morgan fingerprint density at radius 2 is 1.96 bits per heavy atom. The Labute approximate surface area is 134 Å². The molecule has 0 aliphatic carbocycles. The van der Waals surface area contributed by atoms with Crippen LogP contribution in [-0.2, 0) is 11.8 Å². The molecule has 0 unspecified atom stereocenters. The normalized spacial score (nSPS) is 15.3. The molecule has 23 heavy (non-hydrogen) atoms. The quantitative estimate of drug-likeness (QED) is 0.726. The minimum absolute atomic E-state index is 0.724. The van der Waals surface area contributed by atoms with Gasteiger partial charge in [0.15, 0.2) is 5.65 Å². The molecule has 3 aromatic rings. The molecule has 0 bridgehead atoms. The maximum Gasteiger partial charge on any atom is 0.227 e. The van der Waals surface area contributed by atoms with Crippen LogP contribution >= 0.6 is 0 Å². The molecule has 0 amide bonds. The zero-order valence-electron chi connectivity index (χ0n) is 13.4. The number of imidazole rings is 1. The number of nitrogens with zero attached hydrogens (tertiary/aromatic N) is 5. The molecule has 4 rings (SSSR count). The third kappa shape index (κ3) is 2.55. The summed E-state index contributed by atoms with van der Waals surface area (Å²) in [5.41, 5.74) is 3.99. The molecule has 0 saturated carbocycles. The molecule has 0 N–H and O–H groups in total. The van der Waals surface area contributed by atoms with E-state index in [1.165, 1.54) is 5.56 Å². The molecular weight excluding hydrogens is 290 g/mol. The summed E-state index contributed by atoms with van der Waals surface area (Å²) in [6.07, 6.45) is 1.81. The molecule has 0 radical (unpaired) electrons. The summed E-state index contributed by atoms with van der Waals surface area (Å²) in [6.45, 7) is 5.19. The standard InChI is InChI=1S/C17H19N5O/c1-12-4-3-5-13(10-12)15-19-14-11-18-17(20-16(14)21(15)2)22-6-8-23-9-7-22/h3-5,10-11H,6-9H2,1-2H3. The van der Waals surface area contributed by atoms with Gasteiger partial charge in [-0.1, -0.05) is 23.8 Å². The molecule has 6 heteroatoms. The van der Waals surface area contributed by atoms with E-state index in [0.717, 1.165) is 54.8 Å². The number of hydrogen-bond donors (Lipinski definition) is 0. The number of rotatable bonds is 2. The summed E-state index contributed by atoms with van der Waals surface area (Å²) in [5, 5.41) is 0. The molecule has 118 valence electrons. The molecule has 1 fully saturated rings. The van der Waals surface area contributed by atoms with E-state index in [2.05, 4.69) is 41.1 Å². The van der Waals surface area contributed by atoms with Gasteiger partial charge >= 0.3 is 0 Å². The van der Waals surface area contributed by atoms with Crippen molar-refractivity contribution in [1.29, 1.82) is 0 Å². The second kappa shape index (κ2) is 5.62. The van der Waals surface area contributed by atoms with E-state index in [1.54, 1.807) is 0 Å². The van der Waals surface area contributed by atoms with Crippen molar-refractivity contribution in [2.75, 3.05) is 31.2 Å².